The van der Waals surface area contributed by atoms with E-state index in [1.165, 1.54) is 0 Å². The highest BCUT2D eigenvalue weighted by atomic mass is 19.4. The van der Waals surface area contributed by atoms with Gasteiger partial charge < -0.3 is 10.4 Å². The number of alkyl halides is 7. The Morgan fingerprint density at radius 1 is 1.13 bits per heavy atom. The average molecular weight is 460 g/mol. The summed E-state index contributed by atoms with van der Waals surface area (Å²) in [4.78, 5) is 11.7. The van der Waals surface area contributed by atoms with Crippen LogP contribution in [0.1, 0.15) is 50.7 Å². The van der Waals surface area contributed by atoms with Gasteiger partial charge in [-0.2, -0.15) is 23.1 Å². The predicted molar refractivity (Wildman–Crippen MR) is 93.2 cm³/mol. The molecule has 0 amide bonds. The lowest BCUT2D eigenvalue weighted by Gasteiger charge is -2.35. The fourth-order valence-electron chi connectivity index (χ4n) is 3.30. The van der Waals surface area contributed by atoms with Crippen LogP contribution in [0.3, 0.4) is 0 Å². The van der Waals surface area contributed by atoms with E-state index in [9.17, 15) is 40.2 Å². The van der Waals surface area contributed by atoms with Crippen LogP contribution in [0.15, 0.2) is 5.83 Å². The minimum Gasteiger partial charge on any atom is -0.380 e. The molecule has 0 saturated heterocycles. The summed E-state index contributed by atoms with van der Waals surface area (Å²) in [6.45, 7) is 0.958. The smallest absolute Gasteiger partial charge is 0.380 e. The Balaban J connectivity index is 1.89. The summed E-state index contributed by atoms with van der Waals surface area (Å²) in [6, 6.07) is -0.715. The number of aryl methyl sites for hydroxylation is 1. The van der Waals surface area contributed by atoms with Crippen molar-refractivity contribution in [3.8, 4) is 0 Å². The molecule has 5 nitrogen and oxygen atoms in total. The van der Waals surface area contributed by atoms with E-state index in [4.69, 9.17) is 0 Å². The monoisotopic (exact) mass is 460 g/mol. The van der Waals surface area contributed by atoms with Gasteiger partial charge in [0.15, 0.2) is 11.9 Å². The number of allylic oxidation sites excluding steroid dienone is 1. The minimum absolute atomic E-state index is 0.179. The molecular weight excluding hydrogens is 440 g/mol. The lowest BCUT2D eigenvalue weighted by atomic mass is 9.88. The Hall–Kier alpha value is -2.05. The summed E-state index contributed by atoms with van der Waals surface area (Å²) in [5.74, 6) is -10.7. The molecule has 0 aromatic carbocycles. The zero-order valence-corrected chi connectivity index (χ0v) is 16.3. The first kappa shape index (κ1) is 23.6. The van der Waals surface area contributed by atoms with Gasteiger partial charge in [0.25, 0.3) is 11.8 Å². The molecule has 2 aliphatic carbocycles. The molecule has 1 saturated carbocycles. The fraction of sp³-hybridized carbons (Fsp3) is 0.722. The van der Waals surface area contributed by atoms with Crippen molar-refractivity contribution in [1.29, 1.82) is 0 Å². The van der Waals surface area contributed by atoms with E-state index >= 15 is 0 Å². The van der Waals surface area contributed by atoms with Crippen LogP contribution in [0.2, 0.25) is 0 Å². The first-order chi connectivity index (χ1) is 14.2. The van der Waals surface area contributed by atoms with Crippen LogP contribution < -0.4 is 5.32 Å². The van der Waals surface area contributed by atoms with Crippen LogP contribution >= 0.6 is 0 Å². The molecule has 31 heavy (non-hydrogen) atoms. The normalized spacial score (nSPS) is 24.6. The first-order valence-electron chi connectivity index (χ1n) is 9.59. The fourth-order valence-corrected chi connectivity index (χ4v) is 3.30. The molecular formula is C18H20F8N4O. The van der Waals surface area contributed by atoms with E-state index in [-0.39, 0.29) is 18.2 Å². The Kier molecular flexibility index (Phi) is 6.20. The molecule has 2 atom stereocenters. The highest BCUT2D eigenvalue weighted by Crippen LogP contribution is 2.42. The highest BCUT2D eigenvalue weighted by Gasteiger charge is 2.47. The molecule has 13 heteroatoms. The summed E-state index contributed by atoms with van der Waals surface area (Å²) >= 11 is 0. The van der Waals surface area contributed by atoms with Crippen LogP contribution in [0.25, 0.3) is 5.57 Å². The van der Waals surface area contributed by atoms with E-state index in [0.717, 1.165) is 6.92 Å². The van der Waals surface area contributed by atoms with Gasteiger partial charge >= 0.3 is 6.18 Å². The average Bonchev–Trinajstić information content (AvgIpc) is 2.62. The lowest BCUT2D eigenvalue weighted by molar-refractivity contribution is -0.171. The summed E-state index contributed by atoms with van der Waals surface area (Å²) in [7, 11) is 0. The number of aliphatic hydroxyl groups is 1. The van der Waals surface area contributed by atoms with E-state index in [1.807, 2.05) is 0 Å². The number of halogens is 8. The van der Waals surface area contributed by atoms with Gasteiger partial charge in [-0.25, -0.2) is 26.9 Å². The summed E-state index contributed by atoms with van der Waals surface area (Å²) in [5, 5.41) is 12.1. The second kappa shape index (κ2) is 8.14. The molecule has 3 rings (SSSR count). The maximum absolute atomic E-state index is 14.4. The Labute approximate surface area is 172 Å². The molecule has 0 spiro atoms. The third kappa shape index (κ3) is 5.42. The van der Waals surface area contributed by atoms with Crippen LogP contribution in [0.5, 0.6) is 0 Å². The van der Waals surface area contributed by atoms with E-state index in [2.05, 4.69) is 20.3 Å². The van der Waals surface area contributed by atoms with Crippen molar-refractivity contribution >= 4 is 11.5 Å². The number of rotatable bonds is 6. The summed E-state index contributed by atoms with van der Waals surface area (Å²) < 4.78 is 106. The molecule has 2 N–H and O–H groups in total. The number of hydrogen-bond acceptors (Lipinski definition) is 5. The van der Waals surface area contributed by atoms with Gasteiger partial charge in [0.2, 0.25) is 5.95 Å². The number of hydrogen-bond donors (Lipinski definition) is 2. The minimum atomic E-state index is -4.46. The van der Waals surface area contributed by atoms with Crippen molar-refractivity contribution in [2.24, 2.45) is 5.92 Å². The van der Waals surface area contributed by atoms with Gasteiger partial charge in [-0.1, -0.05) is 6.92 Å². The van der Waals surface area contributed by atoms with Crippen LogP contribution in [0, 0.1) is 5.92 Å². The SMILES string of the molecule is C[C@@H](CCc1nc(NC2CC(F)(F)C2)nc(C2=C(F)C(O)C(F)(F)CC2)n1)C(F)(F)F. The van der Waals surface area contributed by atoms with Gasteiger partial charge in [0.05, 0.1) is 5.92 Å². The van der Waals surface area contributed by atoms with Gasteiger partial charge in [0, 0.05) is 37.3 Å². The number of nitrogens with zero attached hydrogens (tertiary/aromatic N) is 3. The third-order valence-corrected chi connectivity index (χ3v) is 5.37. The van der Waals surface area contributed by atoms with Crippen molar-refractivity contribution < 1.29 is 40.2 Å². The standard InChI is InChI=1S/C18H20F8N4O/c1-8(18(24,25)26)2-3-11-28-14(10-4-5-17(22,23)13(31)12(10)19)30-15(29-11)27-9-6-16(20,21)7-9/h8-9,13,31H,2-7H2,1H3,(H,27,28,29,30)/t8-,13?/m0/s1. The zero-order chi connectivity index (χ0) is 23.2. The summed E-state index contributed by atoms with van der Waals surface area (Å²) in [5.41, 5.74) is -0.423. The molecule has 1 heterocycles. The van der Waals surface area contributed by atoms with Crippen molar-refractivity contribution in [2.75, 3.05) is 5.32 Å². The van der Waals surface area contributed by atoms with Gasteiger partial charge in [-0.05, 0) is 12.8 Å². The van der Waals surface area contributed by atoms with Crippen LogP contribution in [0.4, 0.5) is 41.1 Å². The van der Waals surface area contributed by atoms with Crippen LogP contribution in [-0.4, -0.2) is 50.2 Å². The molecule has 0 radical (unpaired) electrons. The summed E-state index contributed by atoms with van der Waals surface area (Å²) in [6.07, 6.45) is -10.3. The molecule has 2 aliphatic rings. The molecule has 0 aliphatic heterocycles. The van der Waals surface area contributed by atoms with Gasteiger partial charge in [-0.15, -0.1) is 0 Å². The predicted octanol–water partition coefficient (Wildman–Crippen LogP) is 4.68. The largest absolute Gasteiger partial charge is 0.391 e. The number of nitrogens with one attached hydrogen (secondary N) is 1. The zero-order valence-electron chi connectivity index (χ0n) is 16.3. The van der Waals surface area contributed by atoms with E-state index in [1.54, 1.807) is 0 Å². The van der Waals surface area contributed by atoms with Gasteiger partial charge in [0.1, 0.15) is 11.7 Å². The Morgan fingerprint density at radius 2 is 1.77 bits per heavy atom. The Morgan fingerprint density at radius 3 is 2.35 bits per heavy atom. The molecule has 1 aromatic heterocycles. The second-order valence-corrected chi connectivity index (χ2v) is 7.98. The quantitative estimate of drug-likeness (QED) is 0.604. The second-order valence-electron chi connectivity index (χ2n) is 7.98. The maximum Gasteiger partial charge on any atom is 0.391 e. The van der Waals surface area contributed by atoms with Gasteiger partial charge in [-0.3, -0.25) is 0 Å². The van der Waals surface area contributed by atoms with Crippen molar-refractivity contribution in [3.63, 3.8) is 0 Å². The van der Waals surface area contributed by atoms with E-state index in [0.29, 0.717) is 0 Å². The van der Waals surface area contributed by atoms with E-state index < -0.39 is 85.4 Å². The first-order valence-corrected chi connectivity index (χ1v) is 9.59. The number of anilines is 1. The number of aromatic nitrogens is 3. The molecule has 1 aromatic rings. The lowest BCUT2D eigenvalue weighted by Crippen LogP contribution is -2.44. The molecule has 1 unspecified atom stereocenters. The molecule has 1 fully saturated rings. The maximum atomic E-state index is 14.4. The molecule has 0 bridgehead atoms. The van der Waals surface area contributed by atoms with Crippen molar-refractivity contribution in [2.45, 2.75) is 75.6 Å². The van der Waals surface area contributed by atoms with Crippen molar-refractivity contribution in [3.05, 3.63) is 17.5 Å². The topological polar surface area (TPSA) is 70.9 Å². The highest BCUT2D eigenvalue weighted by molar-refractivity contribution is 5.65. The molecule has 174 valence electrons. The van der Waals surface area contributed by atoms with Crippen LogP contribution in [-0.2, 0) is 6.42 Å². The Bertz CT molecular complexity index is 849. The van der Waals surface area contributed by atoms with Crippen molar-refractivity contribution in [1.82, 2.24) is 15.0 Å². The number of aliphatic hydroxyl groups excluding tert-OH is 1. The third-order valence-electron chi connectivity index (χ3n) is 5.37.